The lowest BCUT2D eigenvalue weighted by Gasteiger charge is -2.15. The number of hydrogen-bond acceptors (Lipinski definition) is 5. The van der Waals surface area contributed by atoms with E-state index < -0.39 is 23.8 Å². The molecule has 4 amide bonds. The van der Waals surface area contributed by atoms with Crippen molar-refractivity contribution in [2.75, 3.05) is 23.7 Å². The fraction of sp³-hybridized carbons (Fsp3) is 0.304. The number of aliphatic hydroxyl groups excluding tert-OH is 1. The minimum atomic E-state index is -0.895. The van der Waals surface area contributed by atoms with E-state index in [1.165, 1.54) is 6.92 Å². The highest BCUT2D eigenvalue weighted by Gasteiger charge is 2.17. The summed E-state index contributed by atoms with van der Waals surface area (Å²) in [7, 11) is 0. The Balaban J connectivity index is 1.87. The lowest BCUT2D eigenvalue weighted by Crippen LogP contribution is -2.49. The predicted octanol–water partition coefficient (Wildman–Crippen LogP) is 0.840. The zero-order chi connectivity index (χ0) is 24.2. The summed E-state index contributed by atoms with van der Waals surface area (Å²) in [5, 5.41) is 19.6. The van der Waals surface area contributed by atoms with E-state index in [0.29, 0.717) is 17.7 Å². The highest BCUT2D eigenvalue weighted by molar-refractivity contribution is 9.09. The van der Waals surface area contributed by atoms with Crippen molar-refractivity contribution >= 4 is 45.2 Å². The molecule has 10 heteroatoms. The van der Waals surface area contributed by atoms with Crippen molar-refractivity contribution in [1.82, 2.24) is 16.0 Å². The van der Waals surface area contributed by atoms with E-state index in [1.807, 2.05) is 36.4 Å². The summed E-state index contributed by atoms with van der Waals surface area (Å²) in [5.74, 6) is -1.91. The van der Waals surface area contributed by atoms with Gasteiger partial charge in [-0.25, -0.2) is 0 Å². The monoisotopic (exact) mass is 518 g/mol. The van der Waals surface area contributed by atoms with Crippen molar-refractivity contribution in [1.29, 1.82) is 0 Å². The molecular formula is C23H27BrN4O5. The van der Waals surface area contributed by atoms with E-state index in [1.54, 1.807) is 12.1 Å². The molecule has 0 aliphatic carbocycles. The molecule has 2 rings (SSSR count). The van der Waals surface area contributed by atoms with Gasteiger partial charge in [0, 0.05) is 11.3 Å². The van der Waals surface area contributed by atoms with Crippen molar-refractivity contribution in [2.45, 2.75) is 26.0 Å². The fourth-order valence-electron chi connectivity index (χ4n) is 2.92. The summed E-state index contributed by atoms with van der Waals surface area (Å²) in [4.78, 5) is 47.4. The van der Waals surface area contributed by atoms with Gasteiger partial charge in [-0.1, -0.05) is 58.4 Å². The molecule has 0 saturated heterocycles. The standard InChI is InChI=1S/C23H27BrN4O5/c1-15(27-21(31)12-25-20(30)11-24)23(33)26-13-22(32)28-19-10-17(7-8-18(19)14-29)9-16-5-3-2-4-6-16/h2-8,10,15,29H,9,11-14H2,1H3,(H,25,30)(H,26,33)(H,27,31)(H,28,32). The lowest BCUT2D eigenvalue weighted by atomic mass is 10.0. The summed E-state index contributed by atoms with van der Waals surface area (Å²) in [5.41, 5.74) is 3.09. The number of halogens is 1. The number of aliphatic hydroxyl groups is 1. The fourth-order valence-corrected chi connectivity index (χ4v) is 3.12. The molecule has 2 aromatic carbocycles. The van der Waals surface area contributed by atoms with E-state index in [2.05, 4.69) is 37.2 Å². The molecule has 1 atom stereocenters. The second-order valence-electron chi connectivity index (χ2n) is 7.28. The lowest BCUT2D eigenvalue weighted by molar-refractivity contribution is -0.129. The van der Waals surface area contributed by atoms with Crippen LogP contribution in [0.2, 0.25) is 0 Å². The highest BCUT2D eigenvalue weighted by atomic mass is 79.9. The normalized spacial score (nSPS) is 11.2. The van der Waals surface area contributed by atoms with Gasteiger partial charge in [-0.05, 0) is 30.5 Å². The summed E-state index contributed by atoms with van der Waals surface area (Å²) < 4.78 is 0. The molecule has 0 aromatic heterocycles. The Kier molecular flexibility index (Phi) is 10.5. The minimum Gasteiger partial charge on any atom is -0.392 e. The van der Waals surface area contributed by atoms with Crippen LogP contribution in [-0.2, 0) is 32.2 Å². The smallest absolute Gasteiger partial charge is 0.243 e. The first-order chi connectivity index (χ1) is 15.8. The maximum absolute atomic E-state index is 12.4. The van der Waals surface area contributed by atoms with E-state index in [9.17, 15) is 24.3 Å². The molecule has 33 heavy (non-hydrogen) atoms. The van der Waals surface area contributed by atoms with Crippen LogP contribution < -0.4 is 21.3 Å². The molecule has 0 radical (unpaired) electrons. The number of amides is 4. The number of alkyl halides is 1. The van der Waals surface area contributed by atoms with Gasteiger partial charge in [-0.2, -0.15) is 0 Å². The Labute approximate surface area is 200 Å². The van der Waals surface area contributed by atoms with Gasteiger partial charge < -0.3 is 26.4 Å². The first kappa shape index (κ1) is 26.0. The molecule has 2 aromatic rings. The van der Waals surface area contributed by atoms with Crippen LogP contribution in [0.3, 0.4) is 0 Å². The summed E-state index contributed by atoms with van der Waals surface area (Å²) in [6, 6.07) is 14.4. The molecule has 1 unspecified atom stereocenters. The molecule has 0 saturated carbocycles. The van der Waals surface area contributed by atoms with Crippen molar-refractivity contribution < 1.29 is 24.3 Å². The largest absolute Gasteiger partial charge is 0.392 e. The van der Waals surface area contributed by atoms with Gasteiger partial charge in [-0.3, -0.25) is 19.2 Å². The zero-order valence-corrected chi connectivity index (χ0v) is 19.8. The maximum Gasteiger partial charge on any atom is 0.243 e. The average Bonchev–Trinajstić information content (AvgIpc) is 2.81. The van der Waals surface area contributed by atoms with Crippen molar-refractivity contribution in [3.05, 3.63) is 65.2 Å². The average molecular weight is 519 g/mol. The molecule has 9 nitrogen and oxygen atoms in total. The van der Waals surface area contributed by atoms with Gasteiger partial charge in [0.2, 0.25) is 23.6 Å². The zero-order valence-electron chi connectivity index (χ0n) is 18.2. The van der Waals surface area contributed by atoms with Crippen molar-refractivity contribution in [3.63, 3.8) is 0 Å². The minimum absolute atomic E-state index is 0.0680. The molecule has 0 aliphatic rings. The van der Waals surface area contributed by atoms with E-state index in [-0.39, 0.29) is 30.9 Å². The first-order valence-electron chi connectivity index (χ1n) is 10.3. The summed E-state index contributed by atoms with van der Waals surface area (Å²) in [6.07, 6.45) is 0.666. The Morgan fingerprint density at radius 2 is 1.61 bits per heavy atom. The van der Waals surface area contributed by atoms with Crippen LogP contribution in [0.1, 0.15) is 23.6 Å². The second-order valence-corrected chi connectivity index (χ2v) is 7.84. The van der Waals surface area contributed by atoms with Crippen LogP contribution in [0.4, 0.5) is 5.69 Å². The highest BCUT2D eigenvalue weighted by Crippen LogP contribution is 2.20. The molecule has 0 aliphatic heterocycles. The van der Waals surface area contributed by atoms with Gasteiger partial charge in [0.15, 0.2) is 0 Å². The Hall–Kier alpha value is -3.24. The second kappa shape index (κ2) is 13.3. The molecule has 176 valence electrons. The van der Waals surface area contributed by atoms with Crippen LogP contribution in [-0.4, -0.2) is 53.2 Å². The Morgan fingerprint density at radius 1 is 0.909 bits per heavy atom. The van der Waals surface area contributed by atoms with E-state index in [4.69, 9.17) is 0 Å². The topological polar surface area (TPSA) is 137 Å². The van der Waals surface area contributed by atoms with Gasteiger partial charge in [0.25, 0.3) is 0 Å². The van der Waals surface area contributed by atoms with Gasteiger partial charge >= 0.3 is 0 Å². The van der Waals surface area contributed by atoms with E-state index >= 15 is 0 Å². The summed E-state index contributed by atoms with van der Waals surface area (Å²) >= 11 is 2.96. The molecule has 0 bridgehead atoms. The third kappa shape index (κ3) is 9.03. The third-order valence-corrected chi connectivity index (χ3v) is 5.14. The van der Waals surface area contributed by atoms with Crippen LogP contribution in [0.25, 0.3) is 0 Å². The van der Waals surface area contributed by atoms with Crippen molar-refractivity contribution in [3.8, 4) is 0 Å². The van der Waals surface area contributed by atoms with Crippen LogP contribution in [0.5, 0.6) is 0 Å². The number of carbonyl (C=O) groups is 4. The molecule has 0 heterocycles. The van der Waals surface area contributed by atoms with Crippen LogP contribution >= 0.6 is 15.9 Å². The van der Waals surface area contributed by atoms with Crippen LogP contribution in [0, 0.1) is 0 Å². The molecule has 0 spiro atoms. The van der Waals surface area contributed by atoms with Gasteiger partial charge in [-0.15, -0.1) is 0 Å². The maximum atomic E-state index is 12.4. The first-order valence-corrected chi connectivity index (χ1v) is 11.4. The molecule has 5 N–H and O–H groups in total. The van der Waals surface area contributed by atoms with Gasteiger partial charge in [0.05, 0.1) is 25.0 Å². The SMILES string of the molecule is CC(NC(=O)CNC(=O)CBr)C(=O)NCC(=O)Nc1cc(Cc2ccccc2)ccc1CO. The number of benzene rings is 2. The number of nitrogens with one attached hydrogen (secondary N) is 4. The summed E-state index contributed by atoms with van der Waals surface area (Å²) in [6.45, 7) is 0.648. The number of rotatable bonds is 11. The number of anilines is 1. The number of hydrogen-bond donors (Lipinski definition) is 5. The third-order valence-electron chi connectivity index (χ3n) is 4.63. The molecule has 0 fully saturated rings. The predicted molar refractivity (Wildman–Crippen MR) is 128 cm³/mol. The van der Waals surface area contributed by atoms with Crippen LogP contribution in [0.15, 0.2) is 48.5 Å². The Bertz CT molecular complexity index is 984. The Morgan fingerprint density at radius 3 is 2.27 bits per heavy atom. The number of carbonyl (C=O) groups excluding carboxylic acids is 4. The van der Waals surface area contributed by atoms with Crippen molar-refractivity contribution in [2.24, 2.45) is 0 Å². The van der Waals surface area contributed by atoms with E-state index in [0.717, 1.165) is 11.1 Å². The quantitative estimate of drug-likeness (QED) is 0.281. The van der Waals surface area contributed by atoms with Gasteiger partial charge in [0.1, 0.15) is 6.04 Å². The molecular weight excluding hydrogens is 492 g/mol.